The van der Waals surface area contributed by atoms with E-state index in [1.165, 1.54) is 0 Å². The highest BCUT2D eigenvalue weighted by Crippen LogP contribution is 2.31. The first-order valence-electron chi connectivity index (χ1n) is 5.60. The van der Waals surface area contributed by atoms with Crippen molar-refractivity contribution in [3.63, 3.8) is 0 Å². The molecule has 1 atom stereocenters. The van der Waals surface area contributed by atoms with E-state index in [0.717, 1.165) is 21.4 Å². The van der Waals surface area contributed by atoms with Crippen LogP contribution < -0.4 is 0 Å². The van der Waals surface area contributed by atoms with Crippen LogP contribution in [0.3, 0.4) is 0 Å². The SMILES string of the molecule is Cc1cc(CC(O)c2cccc(Br)c2Cl)n(C)n1. The average molecular weight is 330 g/mol. The Morgan fingerprint density at radius 1 is 1.50 bits per heavy atom. The van der Waals surface area contributed by atoms with E-state index in [-0.39, 0.29) is 0 Å². The third kappa shape index (κ3) is 2.76. The second-order valence-corrected chi connectivity index (χ2v) is 5.50. The summed E-state index contributed by atoms with van der Waals surface area (Å²) < 4.78 is 2.58. The zero-order valence-corrected chi connectivity index (χ0v) is 12.5. The molecule has 2 rings (SSSR count). The molecule has 0 aliphatic rings. The Morgan fingerprint density at radius 3 is 2.83 bits per heavy atom. The maximum absolute atomic E-state index is 10.3. The smallest absolute Gasteiger partial charge is 0.0860 e. The van der Waals surface area contributed by atoms with Gasteiger partial charge < -0.3 is 5.11 Å². The van der Waals surface area contributed by atoms with Gasteiger partial charge in [-0.25, -0.2) is 0 Å². The molecular formula is C13H14BrClN2O. The van der Waals surface area contributed by atoms with Crippen molar-refractivity contribution in [2.75, 3.05) is 0 Å². The number of aromatic nitrogens is 2. The van der Waals surface area contributed by atoms with Crippen LogP contribution in [-0.2, 0) is 13.5 Å². The molecule has 0 saturated heterocycles. The number of hydrogen-bond acceptors (Lipinski definition) is 2. The lowest BCUT2D eigenvalue weighted by Gasteiger charge is -2.13. The number of aliphatic hydroxyl groups excluding tert-OH is 1. The van der Waals surface area contributed by atoms with Crippen LogP contribution in [0, 0.1) is 6.92 Å². The van der Waals surface area contributed by atoms with Crippen molar-refractivity contribution < 1.29 is 5.11 Å². The molecule has 5 heteroatoms. The third-order valence-corrected chi connectivity index (χ3v) is 4.15. The zero-order chi connectivity index (χ0) is 13.3. The number of rotatable bonds is 3. The normalized spacial score (nSPS) is 12.7. The second-order valence-electron chi connectivity index (χ2n) is 4.26. The number of aryl methyl sites for hydroxylation is 2. The maximum Gasteiger partial charge on any atom is 0.0860 e. The summed E-state index contributed by atoms with van der Waals surface area (Å²) >= 11 is 9.53. The lowest BCUT2D eigenvalue weighted by molar-refractivity contribution is 0.176. The maximum atomic E-state index is 10.3. The fourth-order valence-electron chi connectivity index (χ4n) is 1.94. The summed E-state index contributed by atoms with van der Waals surface area (Å²) in [6.45, 7) is 1.93. The van der Waals surface area contributed by atoms with Gasteiger partial charge in [-0.15, -0.1) is 0 Å². The van der Waals surface area contributed by atoms with Crippen molar-refractivity contribution in [1.82, 2.24) is 9.78 Å². The number of nitrogens with zero attached hydrogens (tertiary/aromatic N) is 2. The minimum absolute atomic E-state index is 0.494. The van der Waals surface area contributed by atoms with Crippen molar-refractivity contribution in [3.8, 4) is 0 Å². The molecule has 1 N–H and O–H groups in total. The highest BCUT2D eigenvalue weighted by Gasteiger charge is 2.16. The minimum Gasteiger partial charge on any atom is -0.388 e. The van der Waals surface area contributed by atoms with Crippen LogP contribution in [0.15, 0.2) is 28.7 Å². The largest absolute Gasteiger partial charge is 0.388 e. The first-order chi connectivity index (χ1) is 8.49. The van der Waals surface area contributed by atoms with Crippen LogP contribution >= 0.6 is 27.5 Å². The summed E-state index contributed by atoms with van der Waals surface area (Å²) in [5.74, 6) is 0. The summed E-state index contributed by atoms with van der Waals surface area (Å²) in [6, 6.07) is 7.52. The van der Waals surface area contributed by atoms with Gasteiger partial charge in [0.1, 0.15) is 0 Å². The summed E-state index contributed by atoms with van der Waals surface area (Å²) in [5, 5.41) is 15.1. The monoisotopic (exact) mass is 328 g/mol. The molecular weight excluding hydrogens is 316 g/mol. The molecule has 0 fully saturated rings. The van der Waals surface area contributed by atoms with E-state index in [2.05, 4.69) is 21.0 Å². The summed E-state index contributed by atoms with van der Waals surface area (Å²) in [4.78, 5) is 0. The van der Waals surface area contributed by atoms with Gasteiger partial charge in [0.15, 0.2) is 0 Å². The Hall–Kier alpha value is -0.840. The molecule has 1 unspecified atom stereocenters. The van der Waals surface area contributed by atoms with Gasteiger partial charge in [0.2, 0.25) is 0 Å². The molecule has 0 amide bonds. The van der Waals surface area contributed by atoms with Crippen molar-refractivity contribution in [3.05, 3.63) is 50.7 Å². The van der Waals surface area contributed by atoms with E-state index in [1.807, 2.05) is 38.2 Å². The highest BCUT2D eigenvalue weighted by molar-refractivity contribution is 9.10. The standard InChI is InChI=1S/C13H14BrClN2O/c1-8-6-9(17(2)16-8)7-12(18)10-4-3-5-11(14)13(10)15/h3-6,12,18H,7H2,1-2H3. The van der Waals surface area contributed by atoms with Gasteiger partial charge in [-0.05, 0) is 35.0 Å². The van der Waals surface area contributed by atoms with Crippen molar-refractivity contribution in [2.24, 2.45) is 7.05 Å². The fourth-order valence-corrected chi connectivity index (χ4v) is 2.57. The van der Waals surface area contributed by atoms with E-state index < -0.39 is 6.10 Å². The lowest BCUT2D eigenvalue weighted by Crippen LogP contribution is -2.07. The molecule has 0 bridgehead atoms. The quantitative estimate of drug-likeness (QED) is 0.937. The first-order valence-corrected chi connectivity index (χ1v) is 6.77. The Labute approximate surface area is 120 Å². The average Bonchev–Trinajstić information content (AvgIpc) is 2.61. The fraction of sp³-hybridized carbons (Fsp3) is 0.308. The summed E-state index contributed by atoms with van der Waals surface area (Å²) in [5.41, 5.74) is 2.65. The summed E-state index contributed by atoms with van der Waals surface area (Å²) in [6.07, 6.45) is -0.141. The van der Waals surface area contributed by atoms with Gasteiger partial charge in [0.25, 0.3) is 0 Å². The topological polar surface area (TPSA) is 38.0 Å². The molecule has 1 heterocycles. The minimum atomic E-state index is -0.634. The van der Waals surface area contributed by atoms with Gasteiger partial charge in [-0.3, -0.25) is 4.68 Å². The Bertz CT molecular complexity index is 568. The third-order valence-electron chi connectivity index (χ3n) is 2.84. The van der Waals surface area contributed by atoms with E-state index in [1.54, 1.807) is 4.68 Å². The molecule has 2 aromatic rings. The van der Waals surface area contributed by atoms with E-state index in [9.17, 15) is 5.11 Å². The lowest BCUT2D eigenvalue weighted by atomic mass is 10.0. The Kier molecular flexibility index (Phi) is 4.10. The molecule has 1 aromatic carbocycles. The van der Waals surface area contributed by atoms with Gasteiger partial charge in [0, 0.05) is 29.2 Å². The van der Waals surface area contributed by atoms with Gasteiger partial charge in [-0.2, -0.15) is 5.10 Å². The number of aliphatic hydroxyl groups is 1. The summed E-state index contributed by atoms with van der Waals surface area (Å²) in [7, 11) is 1.87. The molecule has 0 aliphatic carbocycles. The Morgan fingerprint density at radius 2 is 2.22 bits per heavy atom. The van der Waals surface area contributed by atoms with Gasteiger partial charge in [-0.1, -0.05) is 23.7 Å². The molecule has 18 heavy (non-hydrogen) atoms. The predicted octanol–water partition coefficient (Wildman–Crippen LogP) is 3.42. The second kappa shape index (κ2) is 5.43. The zero-order valence-electron chi connectivity index (χ0n) is 10.2. The molecule has 96 valence electrons. The van der Waals surface area contributed by atoms with E-state index in [0.29, 0.717) is 11.4 Å². The van der Waals surface area contributed by atoms with Crippen LogP contribution in [0.2, 0.25) is 5.02 Å². The van der Waals surface area contributed by atoms with Crippen LogP contribution in [0.4, 0.5) is 0 Å². The van der Waals surface area contributed by atoms with Gasteiger partial charge >= 0.3 is 0 Å². The van der Waals surface area contributed by atoms with Crippen LogP contribution in [0.25, 0.3) is 0 Å². The molecule has 3 nitrogen and oxygen atoms in total. The van der Waals surface area contributed by atoms with Gasteiger partial charge in [0.05, 0.1) is 16.8 Å². The molecule has 0 saturated carbocycles. The van der Waals surface area contributed by atoms with Crippen LogP contribution in [0.1, 0.15) is 23.1 Å². The van der Waals surface area contributed by atoms with Crippen molar-refractivity contribution >= 4 is 27.5 Å². The van der Waals surface area contributed by atoms with Crippen molar-refractivity contribution in [1.29, 1.82) is 0 Å². The van der Waals surface area contributed by atoms with E-state index >= 15 is 0 Å². The molecule has 0 aliphatic heterocycles. The molecule has 0 spiro atoms. The predicted molar refractivity (Wildman–Crippen MR) is 75.8 cm³/mol. The van der Waals surface area contributed by atoms with Crippen LogP contribution in [-0.4, -0.2) is 14.9 Å². The Balaban J connectivity index is 2.24. The number of benzene rings is 1. The van der Waals surface area contributed by atoms with E-state index in [4.69, 9.17) is 11.6 Å². The molecule has 1 aromatic heterocycles. The number of halogens is 2. The highest BCUT2D eigenvalue weighted by atomic mass is 79.9. The van der Waals surface area contributed by atoms with Crippen molar-refractivity contribution in [2.45, 2.75) is 19.4 Å². The first kappa shape index (κ1) is 13.6. The molecule has 0 radical (unpaired) electrons. The van der Waals surface area contributed by atoms with Crippen LogP contribution in [0.5, 0.6) is 0 Å². The number of hydrogen-bond donors (Lipinski definition) is 1.